The van der Waals surface area contributed by atoms with E-state index in [1.807, 2.05) is 0 Å². The van der Waals surface area contributed by atoms with Crippen molar-refractivity contribution in [3.63, 3.8) is 0 Å². The predicted octanol–water partition coefficient (Wildman–Crippen LogP) is 2.81. The molecule has 1 aliphatic carbocycles. The third-order valence-electron chi connectivity index (χ3n) is 4.06. The Kier molecular flexibility index (Phi) is 5.70. The summed E-state index contributed by atoms with van der Waals surface area (Å²) in [5, 5.41) is 0. The fraction of sp³-hybridized carbons (Fsp3) is 0.923. The molecule has 2 nitrogen and oxygen atoms in total. The molecule has 0 bridgehead atoms. The van der Waals surface area contributed by atoms with Crippen LogP contribution in [0.4, 0.5) is 0 Å². The highest BCUT2D eigenvalue weighted by Crippen LogP contribution is 2.29. The predicted molar refractivity (Wildman–Crippen MR) is 74.6 cm³/mol. The maximum absolute atomic E-state index is 5.66. The molecule has 0 aromatic carbocycles. The van der Waals surface area contributed by atoms with Crippen LogP contribution in [0.3, 0.4) is 0 Å². The summed E-state index contributed by atoms with van der Waals surface area (Å²) in [6.07, 6.45) is 6.83. The van der Waals surface area contributed by atoms with E-state index in [-0.39, 0.29) is 0 Å². The van der Waals surface area contributed by atoms with Crippen LogP contribution in [0.5, 0.6) is 0 Å². The second-order valence-corrected chi connectivity index (χ2v) is 5.80. The van der Waals surface area contributed by atoms with E-state index in [2.05, 4.69) is 25.8 Å². The van der Waals surface area contributed by atoms with Gasteiger partial charge in [0, 0.05) is 18.5 Å². The van der Waals surface area contributed by atoms with Gasteiger partial charge in [0.05, 0.1) is 4.99 Å². The quantitative estimate of drug-likeness (QED) is 0.752. The number of hydrogen-bond donors (Lipinski definition) is 1. The van der Waals surface area contributed by atoms with E-state index in [1.54, 1.807) is 0 Å². The van der Waals surface area contributed by atoms with E-state index >= 15 is 0 Å². The zero-order valence-corrected chi connectivity index (χ0v) is 11.7. The van der Waals surface area contributed by atoms with E-state index in [4.69, 9.17) is 18.0 Å². The average molecular weight is 242 g/mol. The summed E-state index contributed by atoms with van der Waals surface area (Å²) in [5.41, 5.74) is 5.66. The Morgan fingerprint density at radius 1 is 1.38 bits per heavy atom. The van der Waals surface area contributed by atoms with Gasteiger partial charge in [-0.25, -0.2) is 0 Å². The summed E-state index contributed by atoms with van der Waals surface area (Å²) < 4.78 is 0. The van der Waals surface area contributed by atoms with Gasteiger partial charge in [0.2, 0.25) is 0 Å². The van der Waals surface area contributed by atoms with Crippen molar-refractivity contribution in [2.75, 3.05) is 13.6 Å². The molecule has 0 aromatic heterocycles. The minimum atomic E-state index is 0.337. The average Bonchev–Trinajstić information content (AvgIpc) is 2.28. The normalized spacial score (nSPS) is 28.0. The number of hydrogen-bond acceptors (Lipinski definition) is 2. The van der Waals surface area contributed by atoms with Crippen LogP contribution in [-0.2, 0) is 0 Å². The first-order valence-corrected chi connectivity index (χ1v) is 6.95. The molecule has 0 aromatic rings. The Hall–Kier alpha value is -0.150. The van der Waals surface area contributed by atoms with Crippen LogP contribution in [0.1, 0.15) is 46.0 Å². The zero-order valence-electron chi connectivity index (χ0n) is 10.9. The summed E-state index contributed by atoms with van der Waals surface area (Å²) in [4.78, 5) is 3.10. The second-order valence-electron chi connectivity index (χ2n) is 5.33. The maximum Gasteiger partial charge on any atom is 0.0768 e. The third-order valence-corrected chi connectivity index (χ3v) is 4.47. The fourth-order valence-corrected chi connectivity index (χ4v) is 2.74. The molecule has 1 unspecified atom stereocenters. The Labute approximate surface area is 106 Å². The smallest absolute Gasteiger partial charge is 0.0768 e. The van der Waals surface area contributed by atoms with Gasteiger partial charge in [-0.1, -0.05) is 32.5 Å². The van der Waals surface area contributed by atoms with Crippen LogP contribution in [0.15, 0.2) is 0 Å². The first kappa shape index (κ1) is 13.9. The van der Waals surface area contributed by atoms with Gasteiger partial charge in [-0.05, 0) is 38.6 Å². The molecule has 1 rings (SSSR count). The van der Waals surface area contributed by atoms with E-state index in [0.717, 1.165) is 18.5 Å². The molecular weight excluding hydrogens is 216 g/mol. The van der Waals surface area contributed by atoms with Gasteiger partial charge in [0.1, 0.15) is 0 Å². The zero-order chi connectivity index (χ0) is 12.1. The van der Waals surface area contributed by atoms with E-state index < -0.39 is 0 Å². The molecule has 94 valence electrons. The van der Waals surface area contributed by atoms with Crippen molar-refractivity contribution in [1.29, 1.82) is 0 Å². The highest BCUT2D eigenvalue weighted by molar-refractivity contribution is 7.80. The Morgan fingerprint density at radius 2 is 1.94 bits per heavy atom. The number of thiocarbonyl (C=S) groups is 1. The van der Waals surface area contributed by atoms with Crippen molar-refractivity contribution >= 4 is 17.2 Å². The van der Waals surface area contributed by atoms with Gasteiger partial charge >= 0.3 is 0 Å². The lowest BCUT2D eigenvalue weighted by molar-refractivity contribution is 0.157. The molecular formula is C13H26N2S. The third kappa shape index (κ3) is 4.02. The molecule has 0 amide bonds. The first-order valence-electron chi connectivity index (χ1n) is 6.54. The SMILES string of the molecule is CCC1CCC(N(C)CC(C)C(N)=S)CC1. The molecule has 0 aliphatic heterocycles. The van der Waals surface area contributed by atoms with Gasteiger partial charge < -0.3 is 10.6 Å². The largest absolute Gasteiger partial charge is 0.393 e. The van der Waals surface area contributed by atoms with Gasteiger partial charge in [0.15, 0.2) is 0 Å². The van der Waals surface area contributed by atoms with E-state index in [1.165, 1.54) is 32.1 Å². The Balaban J connectivity index is 2.33. The molecule has 2 N–H and O–H groups in total. The van der Waals surface area contributed by atoms with Crippen molar-refractivity contribution in [1.82, 2.24) is 4.90 Å². The van der Waals surface area contributed by atoms with Gasteiger partial charge in [-0.3, -0.25) is 0 Å². The summed E-state index contributed by atoms with van der Waals surface area (Å²) in [6.45, 7) is 5.44. The van der Waals surface area contributed by atoms with Crippen LogP contribution in [0.25, 0.3) is 0 Å². The molecule has 0 heterocycles. The molecule has 0 spiro atoms. The molecule has 3 heteroatoms. The number of nitrogens with two attached hydrogens (primary N) is 1. The Bertz CT molecular complexity index is 222. The molecule has 1 saturated carbocycles. The number of rotatable bonds is 5. The van der Waals surface area contributed by atoms with Gasteiger partial charge in [-0.15, -0.1) is 0 Å². The van der Waals surface area contributed by atoms with Crippen LogP contribution >= 0.6 is 12.2 Å². The monoisotopic (exact) mass is 242 g/mol. The van der Waals surface area contributed by atoms with E-state index in [0.29, 0.717) is 10.9 Å². The topological polar surface area (TPSA) is 29.3 Å². The maximum atomic E-state index is 5.66. The molecule has 0 saturated heterocycles. The van der Waals surface area contributed by atoms with Crippen molar-refractivity contribution in [2.24, 2.45) is 17.6 Å². The first-order chi connectivity index (χ1) is 7.54. The van der Waals surface area contributed by atoms with Gasteiger partial charge in [0.25, 0.3) is 0 Å². The Morgan fingerprint density at radius 3 is 2.38 bits per heavy atom. The van der Waals surface area contributed by atoms with Crippen LogP contribution in [-0.4, -0.2) is 29.5 Å². The summed E-state index contributed by atoms with van der Waals surface area (Å²) in [7, 11) is 2.21. The fourth-order valence-electron chi connectivity index (χ4n) is 2.66. The van der Waals surface area contributed by atoms with Crippen molar-refractivity contribution in [3.05, 3.63) is 0 Å². The molecule has 16 heavy (non-hydrogen) atoms. The van der Waals surface area contributed by atoms with Gasteiger partial charge in [-0.2, -0.15) is 0 Å². The van der Waals surface area contributed by atoms with Crippen LogP contribution in [0, 0.1) is 11.8 Å². The summed E-state index contributed by atoms with van der Waals surface area (Å²) in [6, 6.07) is 0.750. The van der Waals surface area contributed by atoms with Crippen molar-refractivity contribution in [2.45, 2.75) is 52.0 Å². The summed E-state index contributed by atoms with van der Waals surface area (Å²) >= 11 is 5.03. The van der Waals surface area contributed by atoms with Crippen molar-refractivity contribution < 1.29 is 0 Å². The van der Waals surface area contributed by atoms with Crippen molar-refractivity contribution in [3.8, 4) is 0 Å². The van der Waals surface area contributed by atoms with Crippen LogP contribution in [0.2, 0.25) is 0 Å². The van der Waals surface area contributed by atoms with E-state index in [9.17, 15) is 0 Å². The molecule has 1 fully saturated rings. The molecule has 0 radical (unpaired) electrons. The lowest BCUT2D eigenvalue weighted by Crippen LogP contribution is -2.40. The summed E-state index contributed by atoms with van der Waals surface area (Å²) in [5.74, 6) is 1.31. The second kappa shape index (κ2) is 6.55. The molecule has 1 aliphatic rings. The lowest BCUT2D eigenvalue weighted by atomic mass is 9.84. The van der Waals surface area contributed by atoms with Crippen LogP contribution < -0.4 is 5.73 Å². The lowest BCUT2D eigenvalue weighted by Gasteiger charge is -2.35. The minimum absolute atomic E-state index is 0.337. The highest BCUT2D eigenvalue weighted by atomic mass is 32.1. The number of nitrogens with zero attached hydrogens (tertiary/aromatic N) is 1. The minimum Gasteiger partial charge on any atom is -0.393 e. The molecule has 1 atom stereocenters. The standard InChI is InChI=1S/C13H26N2S/c1-4-11-5-7-12(8-6-11)15(3)9-10(2)13(14)16/h10-12H,4-9H2,1-3H3,(H2,14,16). The highest BCUT2D eigenvalue weighted by Gasteiger charge is 2.24.